The Morgan fingerprint density at radius 1 is 1.35 bits per heavy atom. The molecule has 0 saturated carbocycles. The maximum Gasteiger partial charge on any atom is 0.337 e. The molecule has 108 valence electrons. The summed E-state index contributed by atoms with van der Waals surface area (Å²) in [6, 6.07) is 7.45. The Morgan fingerprint density at radius 3 is 2.65 bits per heavy atom. The zero-order chi connectivity index (χ0) is 14.5. The Kier molecular flexibility index (Phi) is 4.74. The largest absolute Gasteiger partial charge is 0.465 e. The molecule has 0 aliphatic carbocycles. The number of ether oxygens (including phenoxy) is 1. The van der Waals surface area contributed by atoms with Gasteiger partial charge in [-0.05, 0) is 43.6 Å². The van der Waals surface area contributed by atoms with Gasteiger partial charge in [0, 0.05) is 12.5 Å². The predicted molar refractivity (Wildman–Crippen MR) is 75.0 cm³/mol. The van der Waals surface area contributed by atoms with E-state index in [9.17, 15) is 9.59 Å². The SMILES string of the molecule is COC(=O)c1cccc(CN2CCC(C(N)=O)CC2)c1. The normalized spacial score (nSPS) is 16.9. The van der Waals surface area contributed by atoms with Gasteiger partial charge in [0.1, 0.15) is 0 Å². The lowest BCUT2D eigenvalue weighted by molar-refractivity contribution is -0.123. The number of hydrogen-bond donors (Lipinski definition) is 1. The van der Waals surface area contributed by atoms with Gasteiger partial charge in [0.25, 0.3) is 0 Å². The molecule has 5 heteroatoms. The summed E-state index contributed by atoms with van der Waals surface area (Å²) in [4.78, 5) is 24.9. The summed E-state index contributed by atoms with van der Waals surface area (Å²) >= 11 is 0. The van der Waals surface area contributed by atoms with Gasteiger partial charge in [-0.1, -0.05) is 12.1 Å². The first-order valence-electron chi connectivity index (χ1n) is 6.79. The zero-order valence-electron chi connectivity index (χ0n) is 11.7. The second kappa shape index (κ2) is 6.52. The van der Waals surface area contributed by atoms with E-state index in [0.29, 0.717) is 5.56 Å². The van der Waals surface area contributed by atoms with Gasteiger partial charge in [-0.2, -0.15) is 0 Å². The average molecular weight is 276 g/mol. The number of esters is 1. The maximum absolute atomic E-state index is 11.5. The first-order valence-corrected chi connectivity index (χ1v) is 6.79. The van der Waals surface area contributed by atoms with Crippen LogP contribution in [0.15, 0.2) is 24.3 Å². The van der Waals surface area contributed by atoms with E-state index >= 15 is 0 Å². The Bertz CT molecular complexity index is 494. The number of piperidine rings is 1. The van der Waals surface area contributed by atoms with Crippen LogP contribution in [0, 0.1) is 5.92 Å². The van der Waals surface area contributed by atoms with Gasteiger partial charge in [0.2, 0.25) is 5.91 Å². The summed E-state index contributed by atoms with van der Waals surface area (Å²) in [7, 11) is 1.38. The molecule has 20 heavy (non-hydrogen) atoms. The van der Waals surface area contributed by atoms with Crippen LogP contribution in [0.25, 0.3) is 0 Å². The van der Waals surface area contributed by atoms with E-state index < -0.39 is 0 Å². The Morgan fingerprint density at radius 2 is 2.05 bits per heavy atom. The molecule has 2 rings (SSSR count). The summed E-state index contributed by atoms with van der Waals surface area (Å²) in [6.07, 6.45) is 1.62. The number of carbonyl (C=O) groups excluding carboxylic acids is 2. The zero-order valence-corrected chi connectivity index (χ0v) is 11.7. The minimum atomic E-state index is -0.320. The van der Waals surface area contributed by atoms with Gasteiger partial charge in [-0.25, -0.2) is 4.79 Å². The number of rotatable bonds is 4. The number of amides is 1. The van der Waals surface area contributed by atoms with Crippen molar-refractivity contribution in [3.8, 4) is 0 Å². The molecule has 0 aromatic heterocycles. The maximum atomic E-state index is 11.5. The van der Waals surface area contributed by atoms with Gasteiger partial charge in [0.05, 0.1) is 12.7 Å². The molecular weight excluding hydrogens is 256 g/mol. The molecule has 0 atom stereocenters. The highest BCUT2D eigenvalue weighted by molar-refractivity contribution is 5.89. The average Bonchev–Trinajstić information content (AvgIpc) is 2.47. The molecular formula is C15H20N2O3. The third-order valence-electron chi connectivity index (χ3n) is 3.74. The van der Waals surface area contributed by atoms with E-state index in [2.05, 4.69) is 4.90 Å². The molecule has 2 N–H and O–H groups in total. The lowest BCUT2D eigenvalue weighted by Crippen LogP contribution is -2.38. The highest BCUT2D eigenvalue weighted by atomic mass is 16.5. The number of nitrogens with zero attached hydrogens (tertiary/aromatic N) is 1. The number of carbonyl (C=O) groups is 2. The van der Waals surface area contributed by atoms with Crippen molar-refractivity contribution in [2.24, 2.45) is 11.7 Å². The van der Waals surface area contributed by atoms with Crippen LogP contribution in [-0.2, 0) is 16.1 Å². The molecule has 1 aromatic rings. The van der Waals surface area contributed by atoms with Crippen molar-refractivity contribution in [1.82, 2.24) is 4.90 Å². The van der Waals surface area contributed by atoms with E-state index in [4.69, 9.17) is 10.5 Å². The number of methoxy groups -OCH3 is 1. The van der Waals surface area contributed by atoms with Gasteiger partial charge >= 0.3 is 5.97 Å². The van der Waals surface area contributed by atoms with Gasteiger partial charge in [0.15, 0.2) is 0 Å². The summed E-state index contributed by atoms with van der Waals surface area (Å²) in [5.74, 6) is -0.510. The van der Waals surface area contributed by atoms with Crippen molar-refractivity contribution in [3.63, 3.8) is 0 Å². The Hall–Kier alpha value is -1.88. The van der Waals surface area contributed by atoms with Gasteiger partial charge in [-0.3, -0.25) is 9.69 Å². The fraction of sp³-hybridized carbons (Fsp3) is 0.467. The van der Waals surface area contributed by atoms with E-state index in [0.717, 1.165) is 38.0 Å². The van der Waals surface area contributed by atoms with Crippen LogP contribution >= 0.6 is 0 Å². The third-order valence-corrected chi connectivity index (χ3v) is 3.74. The second-order valence-electron chi connectivity index (χ2n) is 5.14. The van der Waals surface area contributed by atoms with Crippen molar-refractivity contribution in [1.29, 1.82) is 0 Å². The number of primary amides is 1. The van der Waals surface area contributed by atoms with Crippen LogP contribution in [0.1, 0.15) is 28.8 Å². The quantitative estimate of drug-likeness (QED) is 0.838. The number of benzene rings is 1. The summed E-state index contributed by atoms with van der Waals surface area (Å²) in [5.41, 5.74) is 6.97. The lowest BCUT2D eigenvalue weighted by Gasteiger charge is -2.30. The van der Waals surface area contributed by atoms with Crippen molar-refractivity contribution in [2.45, 2.75) is 19.4 Å². The van der Waals surface area contributed by atoms with Crippen molar-refractivity contribution in [2.75, 3.05) is 20.2 Å². The van der Waals surface area contributed by atoms with Crippen molar-refractivity contribution >= 4 is 11.9 Å². The molecule has 1 aliphatic heterocycles. The van der Waals surface area contributed by atoms with Crippen LogP contribution in [0.3, 0.4) is 0 Å². The van der Waals surface area contributed by atoms with Gasteiger partial charge < -0.3 is 10.5 Å². The lowest BCUT2D eigenvalue weighted by atomic mass is 9.96. The van der Waals surface area contributed by atoms with Gasteiger partial charge in [-0.15, -0.1) is 0 Å². The fourth-order valence-electron chi connectivity index (χ4n) is 2.55. The number of nitrogens with two attached hydrogens (primary N) is 1. The fourth-order valence-corrected chi connectivity index (χ4v) is 2.55. The summed E-state index contributed by atoms with van der Waals surface area (Å²) in [6.45, 7) is 2.49. The van der Waals surface area contributed by atoms with E-state index in [1.807, 2.05) is 18.2 Å². The highest BCUT2D eigenvalue weighted by Crippen LogP contribution is 2.19. The van der Waals surface area contributed by atoms with Crippen molar-refractivity contribution in [3.05, 3.63) is 35.4 Å². The van der Waals surface area contributed by atoms with Crippen LogP contribution in [0.2, 0.25) is 0 Å². The van der Waals surface area contributed by atoms with E-state index in [1.165, 1.54) is 7.11 Å². The standard InChI is InChI=1S/C15H20N2O3/c1-20-15(19)13-4-2-3-11(9-13)10-17-7-5-12(6-8-17)14(16)18/h2-4,9,12H,5-8,10H2,1H3,(H2,16,18). The van der Waals surface area contributed by atoms with Crippen LogP contribution in [-0.4, -0.2) is 37.0 Å². The molecule has 5 nitrogen and oxygen atoms in total. The number of likely N-dealkylation sites (tertiary alicyclic amines) is 1. The molecule has 0 radical (unpaired) electrons. The summed E-state index contributed by atoms with van der Waals surface area (Å²) in [5, 5.41) is 0. The summed E-state index contributed by atoms with van der Waals surface area (Å²) < 4.78 is 4.72. The predicted octanol–water partition coefficient (Wildman–Crippen LogP) is 1.17. The third kappa shape index (κ3) is 3.57. The topological polar surface area (TPSA) is 72.6 Å². The molecule has 1 aliphatic rings. The Balaban J connectivity index is 1.94. The minimum absolute atomic E-state index is 0.00709. The molecule has 1 amide bonds. The van der Waals surface area contributed by atoms with Crippen LogP contribution in [0.5, 0.6) is 0 Å². The van der Waals surface area contributed by atoms with E-state index in [1.54, 1.807) is 6.07 Å². The highest BCUT2D eigenvalue weighted by Gasteiger charge is 2.23. The second-order valence-corrected chi connectivity index (χ2v) is 5.14. The first-order chi connectivity index (χ1) is 9.60. The number of hydrogen-bond acceptors (Lipinski definition) is 4. The van der Waals surface area contributed by atoms with Crippen LogP contribution in [0.4, 0.5) is 0 Å². The minimum Gasteiger partial charge on any atom is -0.465 e. The smallest absolute Gasteiger partial charge is 0.337 e. The molecule has 1 heterocycles. The molecule has 0 bridgehead atoms. The monoisotopic (exact) mass is 276 g/mol. The van der Waals surface area contributed by atoms with Crippen molar-refractivity contribution < 1.29 is 14.3 Å². The molecule has 1 aromatic carbocycles. The van der Waals surface area contributed by atoms with Crippen LogP contribution < -0.4 is 5.73 Å². The first kappa shape index (κ1) is 14.5. The Labute approximate surface area is 118 Å². The van der Waals surface area contributed by atoms with E-state index in [-0.39, 0.29) is 17.8 Å². The molecule has 0 unspecified atom stereocenters. The molecule has 1 saturated heterocycles. The molecule has 0 spiro atoms. The molecule has 1 fully saturated rings.